The van der Waals surface area contributed by atoms with Crippen molar-refractivity contribution >= 4 is 8.56 Å². The van der Waals surface area contributed by atoms with Gasteiger partial charge in [0.2, 0.25) is 0 Å². The summed E-state index contributed by atoms with van der Waals surface area (Å²) >= 11 is 0. The van der Waals surface area contributed by atoms with E-state index in [2.05, 4.69) is 0 Å². The molecular weight excluding hydrogens is 639 g/mol. The molecule has 1 aliphatic heterocycles. The smallest absolute Gasteiger partial charge is 0.396 e. The van der Waals surface area contributed by atoms with Gasteiger partial charge in [0.15, 0.2) is 0 Å². The number of methoxy groups -OCH3 is 1. The lowest BCUT2D eigenvalue weighted by molar-refractivity contribution is -0.467. The first kappa shape index (κ1) is 37.9. The highest BCUT2D eigenvalue weighted by Gasteiger charge is 2.98. The SMILES string of the molecule is CCCC1(OC)C(C)(C(F)(C(F)(F)F)C(F)(F)C(F)(F)C(F)(F)C(F)(F)C(F)(F)C(F)(F)F)CCC[Si]1(OC)OC. The first-order valence-electron chi connectivity index (χ1n) is 11.3. The first-order valence-corrected chi connectivity index (χ1v) is 13.3. The molecule has 21 heteroatoms. The maximum atomic E-state index is 16.4. The summed E-state index contributed by atoms with van der Waals surface area (Å²) in [6.45, 7) is 1.04. The third kappa shape index (κ3) is 4.39. The molecule has 0 spiro atoms. The summed E-state index contributed by atoms with van der Waals surface area (Å²) in [4.78, 5) is 0. The van der Waals surface area contributed by atoms with Gasteiger partial charge in [-0.2, -0.15) is 70.2 Å². The van der Waals surface area contributed by atoms with Crippen LogP contribution in [0.3, 0.4) is 0 Å². The van der Waals surface area contributed by atoms with E-state index in [1.807, 2.05) is 0 Å². The second kappa shape index (κ2) is 10.5. The van der Waals surface area contributed by atoms with E-state index in [4.69, 9.17) is 13.6 Å². The molecule has 0 aliphatic carbocycles. The molecule has 3 atom stereocenters. The molecule has 246 valence electrons. The van der Waals surface area contributed by atoms with E-state index >= 15 is 13.2 Å². The van der Waals surface area contributed by atoms with Gasteiger partial charge in [-0.1, -0.05) is 26.7 Å². The average Bonchev–Trinajstić information content (AvgIpc) is 2.82. The van der Waals surface area contributed by atoms with Crippen molar-refractivity contribution < 1.29 is 88.2 Å². The zero-order chi connectivity index (χ0) is 33.2. The summed E-state index contributed by atoms with van der Waals surface area (Å²) in [5, 5.41) is -3.14. The van der Waals surface area contributed by atoms with Crippen LogP contribution < -0.4 is 0 Å². The van der Waals surface area contributed by atoms with E-state index in [0.717, 1.165) is 21.1 Å². The molecule has 3 nitrogen and oxygen atoms in total. The Labute approximate surface area is 222 Å². The fourth-order valence-corrected chi connectivity index (χ4v) is 10.1. The van der Waals surface area contributed by atoms with Gasteiger partial charge < -0.3 is 13.6 Å². The van der Waals surface area contributed by atoms with Gasteiger partial charge in [0.05, 0.1) is 0 Å². The topological polar surface area (TPSA) is 27.7 Å². The lowest BCUT2D eigenvalue weighted by atomic mass is 9.61. The second-order valence-corrected chi connectivity index (χ2v) is 13.3. The van der Waals surface area contributed by atoms with Gasteiger partial charge in [-0.15, -0.1) is 0 Å². The van der Waals surface area contributed by atoms with Crippen molar-refractivity contribution in [3.63, 3.8) is 0 Å². The molecule has 0 bridgehead atoms. The summed E-state index contributed by atoms with van der Waals surface area (Å²) in [6.07, 6.45) is -19.0. The number of hydrogen-bond donors (Lipinski definition) is 0. The normalized spacial score (nSPS) is 27.1. The summed E-state index contributed by atoms with van der Waals surface area (Å²) in [6, 6.07) is -0.481. The molecule has 0 N–H and O–H groups in total. The average molecular weight is 664 g/mol. The van der Waals surface area contributed by atoms with Crippen LogP contribution in [0.5, 0.6) is 0 Å². The number of rotatable bonds is 11. The Kier molecular flexibility index (Phi) is 9.73. The fraction of sp³-hybridized carbons (Fsp3) is 1.00. The Morgan fingerprint density at radius 1 is 0.610 bits per heavy atom. The molecule has 1 heterocycles. The van der Waals surface area contributed by atoms with Crippen LogP contribution in [0, 0.1) is 5.41 Å². The number of hydrogen-bond acceptors (Lipinski definition) is 3. The van der Waals surface area contributed by atoms with Gasteiger partial charge in [-0.05, 0) is 18.9 Å². The molecule has 0 saturated carbocycles. The van der Waals surface area contributed by atoms with Crippen molar-refractivity contribution in [3.8, 4) is 0 Å². The van der Waals surface area contributed by atoms with E-state index < -0.39 is 98.6 Å². The third-order valence-electron chi connectivity index (χ3n) is 7.82. The molecule has 3 unspecified atom stereocenters. The van der Waals surface area contributed by atoms with Crippen molar-refractivity contribution in [2.45, 2.75) is 98.4 Å². The minimum absolute atomic E-state index is 0.108. The van der Waals surface area contributed by atoms with E-state index in [1.54, 1.807) is 0 Å². The van der Waals surface area contributed by atoms with E-state index in [-0.39, 0.29) is 6.92 Å². The molecule has 0 aromatic carbocycles. The van der Waals surface area contributed by atoms with Gasteiger partial charge in [0.1, 0.15) is 5.22 Å². The molecule has 41 heavy (non-hydrogen) atoms. The van der Waals surface area contributed by atoms with Crippen molar-refractivity contribution in [3.05, 3.63) is 0 Å². The van der Waals surface area contributed by atoms with Crippen LogP contribution in [0.2, 0.25) is 6.04 Å². The Hall–Kier alpha value is -1.09. The van der Waals surface area contributed by atoms with Gasteiger partial charge in [-0.3, -0.25) is 0 Å². The summed E-state index contributed by atoms with van der Waals surface area (Å²) < 4.78 is 255. The van der Waals surface area contributed by atoms with Crippen LogP contribution in [-0.4, -0.2) is 82.7 Å². The maximum Gasteiger partial charge on any atom is 0.460 e. The molecule has 0 amide bonds. The molecule has 0 radical (unpaired) electrons. The molecule has 0 aromatic heterocycles. The predicted molar refractivity (Wildman–Crippen MR) is 107 cm³/mol. The molecule has 1 aliphatic rings. The fourth-order valence-electron chi connectivity index (χ4n) is 5.69. The lowest BCUT2D eigenvalue weighted by Crippen LogP contribution is -2.84. The van der Waals surface area contributed by atoms with Crippen LogP contribution in [0.4, 0.5) is 74.6 Å². The quantitative estimate of drug-likeness (QED) is 0.165. The highest BCUT2D eigenvalue weighted by molar-refractivity contribution is 6.71. The number of ether oxygens (including phenoxy) is 1. The largest absolute Gasteiger partial charge is 0.460 e. The summed E-state index contributed by atoms with van der Waals surface area (Å²) in [5.41, 5.74) is -11.3. The van der Waals surface area contributed by atoms with Gasteiger partial charge in [0.25, 0.3) is 5.67 Å². The van der Waals surface area contributed by atoms with E-state index in [1.165, 1.54) is 0 Å². The Morgan fingerprint density at radius 3 is 1.32 bits per heavy atom. The summed E-state index contributed by atoms with van der Waals surface area (Å²) in [7, 11) is -2.72. The van der Waals surface area contributed by atoms with E-state index in [0.29, 0.717) is 7.11 Å². The Balaban J connectivity index is 4.31. The van der Waals surface area contributed by atoms with Crippen LogP contribution in [0.1, 0.15) is 39.5 Å². The van der Waals surface area contributed by atoms with Gasteiger partial charge >= 0.3 is 50.5 Å². The highest BCUT2D eigenvalue weighted by Crippen LogP contribution is 2.71. The molecule has 1 rings (SSSR count). The van der Waals surface area contributed by atoms with Crippen LogP contribution in [-0.2, 0) is 13.6 Å². The highest BCUT2D eigenvalue weighted by atomic mass is 28.4. The zero-order valence-electron chi connectivity index (χ0n) is 21.7. The first-order chi connectivity index (χ1) is 17.9. The van der Waals surface area contributed by atoms with Crippen LogP contribution in [0.15, 0.2) is 0 Å². The Bertz CT molecular complexity index is 933. The minimum Gasteiger partial charge on any atom is -0.396 e. The maximum absolute atomic E-state index is 16.4. The lowest BCUT2D eigenvalue weighted by Gasteiger charge is -2.63. The molecule has 1 saturated heterocycles. The van der Waals surface area contributed by atoms with Crippen molar-refractivity contribution in [1.29, 1.82) is 0 Å². The Morgan fingerprint density at radius 2 is 1.00 bits per heavy atom. The zero-order valence-corrected chi connectivity index (χ0v) is 22.7. The number of halogens is 17. The molecule has 0 aromatic rings. The van der Waals surface area contributed by atoms with Crippen molar-refractivity contribution in [1.82, 2.24) is 0 Å². The van der Waals surface area contributed by atoms with Gasteiger partial charge in [0, 0.05) is 26.7 Å². The standard InChI is InChI=1S/C20H25F17O3Si/c1-6-8-12(38-3)11(2,9-7-10-41(12,39-4)40-5)13(21,19(32,33)34)14(22,23)15(24,25)16(26,27)17(28,29)18(30,31)20(35,36)37/h6-10H2,1-5H3. The minimum atomic E-state index is -8.65. The molecule has 1 fully saturated rings. The van der Waals surface area contributed by atoms with E-state index in [9.17, 15) is 61.5 Å². The monoisotopic (exact) mass is 664 g/mol. The third-order valence-corrected chi connectivity index (χ3v) is 12.4. The second-order valence-electron chi connectivity index (χ2n) is 9.65. The van der Waals surface area contributed by atoms with Crippen LogP contribution >= 0.6 is 0 Å². The van der Waals surface area contributed by atoms with Crippen LogP contribution in [0.25, 0.3) is 0 Å². The number of alkyl halides is 17. The van der Waals surface area contributed by atoms with Crippen molar-refractivity contribution in [2.24, 2.45) is 5.41 Å². The van der Waals surface area contributed by atoms with Gasteiger partial charge in [-0.25, -0.2) is 4.39 Å². The molecular formula is C20H25F17O3Si. The predicted octanol–water partition coefficient (Wildman–Crippen LogP) is 8.26. The summed E-state index contributed by atoms with van der Waals surface area (Å²) in [5.74, 6) is -42.1. The van der Waals surface area contributed by atoms with Crippen molar-refractivity contribution in [2.75, 3.05) is 21.3 Å².